The Hall–Kier alpha value is -3.86. The summed E-state index contributed by atoms with van der Waals surface area (Å²) in [6.07, 6.45) is 0. The van der Waals surface area contributed by atoms with Crippen molar-refractivity contribution in [2.24, 2.45) is 0 Å². The Balaban J connectivity index is 1.54. The predicted molar refractivity (Wildman–Crippen MR) is 154 cm³/mol. The molecule has 4 aromatic carbocycles. The van der Waals surface area contributed by atoms with Crippen molar-refractivity contribution in [3.8, 4) is 0 Å². The van der Waals surface area contributed by atoms with Crippen LogP contribution in [0.25, 0.3) is 0 Å². The van der Waals surface area contributed by atoms with Crippen molar-refractivity contribution in [2.45, 2.75) is 23.6 Å². The number of nitrogens with zero attached hydrogens (tertiary/aromatic N) is 1. The average Bonchev–Trinajstić information content (AvgIpc) is 2.91. The molecule has 0 heterocycles. The van der Waals surface area contributed by atoms with Crippen LogP contribution in [0.3, 0.4) is 0 Å². The van der Waals surface area contributed by atoms with Gasteiger partial charge < -0.3 is 5.32 Å². The zero-order valence-electron chi connectivity index (χ0n) is 21.1. The van der Waals surface area contributed by atoms with Gasteiger partial charge in [0.05, 0.1) is 21.2 Å². The van der Waals surface area contributed by atoms with E-state index in [4.69, 9.17) is 11.6 Å². The van der Waals surface area contributed by atoms with Gasteiger partial charge in [-0.05, 0) is 79.6 Å². The van der Waals surface area contributed by atoms with E-state index in [-0.39, 0.29) is 9.79 Å². The van der Waals surface area contributed by atoms with Gasteiger partial charge in [-0.3, -0.25) is 13.8 Å². The number of aryl methyl sites for hydroxylation is 1. The molecule has 0 aliphatic carbocycles. The lowest BCUT2D eigenvalue weighted by atomic mass is 10.2. The Morgan fingerprint density at radius 2 is 1.41 bits per heavy atom. The second-order valence-electron chi connectivity index (χ2n) is 8.70. The van der Waals surface area contributed by atoms with E-state index in [0.29, 0.717) is 33.2 Å². The van der Waals surface area contributed by atoms with E-state index in [2.05, 4.69) is 10.0 Å². The maximum Gasteiger partial charge on any atom is 0.264 e. The molecule has 0 aromatic heterocycles. The van der Waals surface area contributed by atoms with Crippen LogP contribution in [0, 0.1) is 13.8 Å². The number of sulfonamides is 2. The topological polar surface area (TPSA) is 113 Å². The Kier molecular flexibility index (Phi) is 8.29. The normalized spacial score (nSPS) is 11.6. The van der Waals surface area contributed by atoms with Gasteiger partial charge in [-0.15, -0.1) is 0 Å². The minimum absolute atomic E-state index is 0.0203. The molecule has 0 bridgehead atoms. The number of carbonyl (C=O) groups excluding carboxylic acids is 1. The van der Waals surface area contributed by atoms with Gasteiger partial charge in [0, 0.05) is 10.7 Å². The van der Waals surface area contributed by atoms with Gasteiger partial charge in [0.2, 0.25) is 5.91 Å². The molecule has 2 N–H and O–H groups in total. The monoisotopic (exact) mass is 583 g/mol. The van der Waals surface area contributed by atoms with E-state index < -0.39 is 32.5 Å². The molecule has 202 valence electrons. The van der Waals surface area contributed by atoms with E-state index in [9.17, 15) is 21.6 Å². The van der Waals surface area contributed by atoms with Crippen LogP contribution in [0.4, 0.5) is 17.1 Å². The van der Waals surface area contributed by atoms with Crippen LogP contribution in [0.1, 0.15) is 11.1 Å². The van der Waals surface area contributed by atoms with Gasteiger partial charge in [-0.25, -0.2) is 16.8 Å². The number of carbonyl (C=O) groups is 1. The Bertz CT molecular complexity index is 1710. The maximum absolute atomic E-state index is 13.5. The molecule has 0 unspecified atom stereocenters. The lowest BCUT2D eigenvalue weighted by Crippen LogP contribution is -2.38. The zero-order valence-corrected chi connectivity index (χ0v) is 23.5. The minimum Gasteiger partial charge on any atom is -0.325 e. The number of anilines is 3. The molecular formula is C28H26ClN3O5S2. The molecule has 4 aromatic rings. The number of hydrogen-bond donors (Lipinski definition) is 2. The molecule has 0 fully saturated rings. The molecule has 11 heteroatoms. The molecule has 0 aliphatic heterocycles. The number of hydrogen-bond acceptors (Lipinski definition) is 5. The third-order valence-corrected chi connectivity index (χ3v) is 9.53. The van der Waals surface area contributed by atoms with Gasteiger partial charge >= 0.3 is 0 Å². The van der Waals surface area contributed by atoms with Crippen molar-refractivity contribution in [1.29, 1.82) is 0 Å². The number of para-hydroxylation sites is 1. The molecule has 0 aliphatic rings. The van der Waals surface area contributed by atoms with Crippen LogP contribution in [-0.2, 0) is 24.8 Å². The van der Waals surface area contributed by atoms with Crippen LogP contribution in [-0.4, -0.2) is 29.3 Å². The molecule has 1 amide bonds. The van der Waals surface area contributed by atoms with Crippen molar-refractivity contribution < 1.29 is 21.6 Å². The molecule has 4 rings (SSSR count). The maximum atomic E-state index is 13.5. The number of halogens is 1. The molecule has 0 atom stereocenters. The van der Waals surface area contributed by atoms with Crippen LogP contribution < -0.4 is 14.3 Å². The van der Waals surface area contributed by atoms with Gasteiger partial charge in [-0.1, -0.05) is 54.1 Å². The highest BCUT2D eigenvalue weighted by molar-refractivity contribution is 7.93. The van der Waals surface area contributed by atoms with Gasteiger partial charge in [-0.2, -0.15) is 0 Å². The molecule has 0 radical (unpaired) electrons. The summed E-state index contributed by atoms with van der Waals surface area (Å²) < 4.78 is 56.3. The summed E-state index contributed by atoms with van der Waals surface area (Å²) in [7, 11) is -7.97. The zero-order chi connectivity index (χ0) is 28.2. The smallest absolute Gasteiger partial charge is 0.264 e. The second kappa shape index (κ2) is 11.5. The molecule has 0 spiro atoms. The van der Waals surface area contributed by atoms with Crippen molar-refractivity contribution in [3.05, 3.63) is 113 Å². The van der Waals surface area contributed by atoms with E-state index >= 15 is 0 Å². The summed E-state index contributed by atoms with van der Waals surface area (Å²) in [5.74, 6) is -0.596. The van der Waals surface area contributed by atoms with Crippen LogP contribution >= 0.6 is 11.6 Å². The first-order valence-electron chi connectivity index (χ1n) is 11.8. The summed E-state index contributed by atoms with van der Waals surface area (Å²) in [6.45, 7) is 2.98. The highest BCUT2D eigenvalue weighted by atomic mass is 35.5. The SMILES string of the molecule is Cc1ccccc1N(CC(=O)Nc1ccc(S(=O)(=O)Nc2cccc(Cl)c2C)cc1)S(=O)(=O)c1ccccc1. The van der Waals surface area contributed by atoms with E-state index in [1.165, 1.54) is 36.4 Å². The van der Waals surface area contributed by atoms with E-state index in [1.807, 2.05) is 0 Å². The summed E-state index contributed by atoms with van der Waals surface area (Å²) >= 11 is 6.09. The first-order valence-corrected chi connectivity index (χ1v) is 15.1. The quantitative estimate of drug-likeness (QED) is 0.267. The Labute approximate surface area is 233 Å². The lowest BCUT2D eigenvalue weighted by Gasteiger charge is -2.25. The summed E-state index contributed by atoms with van der Waals surface area (Å²) in [5, 5.41) is 3.09. The molecule has 0 saturated heterocycles. The molecule has 8 nitrogen and oxygen atoms in total. The van der Waals surface area contributed by atoms with Gasteiger partial charge in [0.25, 0.3) is 20.0 Å². The van der Waals surface area contributed by atoms with Crippen LogP contribution in [0.5, 0.6) is 0 Å². The minimum atomic E-state index is -4.05. The third kappa shape index (κ3) is 6.42. The van der Waals surface area contributed by atoms with E-state index in [1.54, 1.807) is 74.5 Å². The molecular weight excluding hydrogens is 558 g/mol. The highest BCUT2D eigenvalue weighted by Crippen LogP contribution is 2.28. The van der Waals surface area contributed by atoms with Gasteiger partial charge in [0.15, 0.2) is 0 Å². The standard InChI is InChI=1S/C28H26ClN3O5S2/c1-20-9-6-7-14-27(20)32(39(36,37)24-10-4-3-5-11-24)19-28(33)30-22-15-17-23(18-16-22)38(34,35)31-26-13-8-12-25(29)21(26)2/h3-18,31H,19H2,1-2H3,(H,30,33). The first-order chi connectivity index (χ1) is 18.5. The Morgan fingerprint density at radius 1 is 0.769 bits per heavy atom. The van der Waals surface area contributed by atoms with Crippen molar-refractivity contribution in [2.75, 3.05) is 20.9 Å². The van der Waals surface area contributed by atoms with Crippen molar-refractivity contribution >= 4 is 54.6 Å². The summed E-state index contributed by atoms with van der Waals surface area (Å²) in [5.41, 5.74) is 2.31. The van der Waals surface area contributed by atoms with Gasteiger partial charge in [0.1, 0.15) is 6.54 Å². The van der Waals surface area contributed by atoms with Crippen LogP contribution in [0.15, 0.2) is 107 Å². The summed E-state index contributed by atoms with van der Waals surface area (Å²) in [4.78, 5) is 13.1. The lowest BCUT2D eigenvalue weighted by molar-refractivity contribution is -0.114. The van der Waals surface area contributed by atoms with Crippen molar-refractivity contribution in [3.63, 3.8) is 0 Å². The fraction of sp³-hybridized carbons (Fsp3) is 0.107. The summed E-state index contributed by atoms with van der Waals surface area (Å²) in [6, 6.07) is 25.2. The fourth-order valence-electron chi connectivity index (χ4n) is 3.83. The van der Waals surface area contributed by atoms with Crippen molar-refractivity contribution in [1.82, 2.24) is 0 Å². The Morgan fingerprint density at radius 3 is 2.08 bits per heavy atom. The largest absolute Gasteiger partial charge is 0.325 e. The highest BCUT2D eigenvalue weighted by Gasteiger charge is 2.28. The molecule has 39 heavy (non-hydrogen) atoms. The fourth-order valence-corrected chi connectivity index (χ4v) is 6.64. The van der Waals surface area contributed by atoms with Crippen LogP contribution in [0.2, 0.25) is 5.02 Å². The third-order valence-electron chi connectivity index (χ3n) is 5.96. The first kappa shape index (κ1) is 28.2. The van der Waals surface area contributed by atoms with E-state index in [0.717, 1.165) is 4.31 Å². The molecule has 0 saturated carbocycles. The average molecular weight is 584 g/mol. The predicted octanol–water partition coefficient (Wildman–Crippen LogP) is 5.59. The number of nitrogens with one attached hydrogen (secondary N) is 2. The number of amides is 1. The number of benzene rings is 4. The number of rotatable bonds is 9. The second-order valence-corrected chi connectivity index (χ2v) is 12.7.